The second-order valence-corrected chi connectivity index (χ2v) is 6.28. The summed E-state index contributed by atoms with van der Waals surface area (Å²) >= 11 is 3.68. The highest BCUT2D eigenvalue weighted by molar-refractivity contribution is 9.10. The summed E-state index contributed by atoms with van der Waals surface area (Å²) in [6, 6.07) is 9.73. The topological polar surface area (TPSA) is 15.3 Å². The van der Waals surface area contributed by atoms with Gasteiger partial charge in [0, 0.05) is 29.6 Å². The van der Waals surface area contributed by atoms with Crippen molar-refractivity contribution in [2.45, 2.75) is 39.3 Å². The van der Waals surface area contributed by atoms with E-state index in [0.29, 0.717) is 18.0 Å². The molecule has 1 heterocycles. The average molecular weight is 311 g/mol. The monoisotopic (exact) mass is 310 g/mol. The first-order chi connectivity index (χ1) is 8.63. The zero-order valence-electron chi connectivity index (χ0n) is 11.5. The van der Waals surface area contributed by atoms with Gasteiger partial charge in [-0.25, -0.2) is 0 Å². The molecule has 0 aromatic heterocycles. The number of nitrogens with one attached hydrogen (secondary N) is 1. The van der Waals surface area contributed by atoms with Crippen molar-refractivity contribution in [3.63, 3.8) is 0 Å². The molecule has 18 heavy (non-hydrogen) atoms. The summed E-state index contributed by atoms with van der Waals surface area (Å²) in [4.78, 5) is 2.56. The number of benzene rings is 1. The highest BCUT2D eigenvalue weighted by Crippen LogP contribution is 2.30. The lowest BCUT2D eigenvalue weighted by Gasteiger charge is -2.43. The van der Waals surface area contributed by atoms with Crippen LogP contribution in [0.3, 0.4) is 0 Å². The van der Waals surface area contributed by atoms with Crippen LogP contribution in [0.25, 0.3) is 0 Å². The normalized spacial score (nSPS) is 24.6. The van der Waals surface area contributed by atoms with Gasteiger partial charge in [-0.15, -0.1) is 0 Å². The van der Waals surface area contributed by atoms with E-state index in [1.165, 1.54) is 16.6 Å². The van der Waals surface area contributed by atoms with Crippen LogP contribution in [-0.2, 0) is 0 Å². The first-order valence-corrected chi connectivity index (χ1v) is 7.67. The fraction of sp³-hybridized carbons (Fsp3) is 0.600. The average Bonchev–Trinajstić information content (AvgIpc) is 2.38. The Morgan fingerprint density at radius 3 is 2.72 bits per heavy atom. The summed E-state index contributed by atoms with van der Waals surface area (Å²) in [6.07, 6.45) is 1.18. The Labute approximate surface area is 119 Å². The number of piperazine rings is 1. The van der Waals surface area contributed by atoms with Crippen LogP contribution in [0.5, 0.6) is 0 Å². The molecule has 0 amide bonds. The molecule has 2 nitrogen and oxygen atoms in total. The van der Waals surface area contributed by atoms with Crippen LogP contribution in [0.2, 0.25) is 0 Å². The van der Waals surface area contributed by atoms with Gasteiger partial charge in [0.25, 0.3) is 0 Å². The van der Waals surface area contributed by atoms with Gasteiger partial charge < -0.3 is 10.2 Å². The van der Waals surface area contributed by atoms with E-state index in [4.69, 9.17) is 0 Å². The van der Waals surface area contributed by atoms with Crippen LogP contribution in [0.1, 0.15) is 27.2 Å². The molecule has 3 heteroatoms. The molecule has 0 bridgehead atoms. The highest BCUT2D eigenvalue weighted by atomic mass is 79.9. The van der Waals surface area contributed by atoms with Crippen LogP contribution in [0.4, 0.5) is 5.69 Å². The summed E-state index contributed by atoms with van der Waals surface area (Å²) < 4.78 is 1.20. The Morgan fingerprint density at radius 2 is 2.11 bits per heavy atom. The van der Waals surface area contributed by atoms with Gasteiger partial charge in [0.2, 0.25) is 0 Å². The third kappa shape index (κ3) is 2.89. The maximum Gasteiger partial charge on any atom is 0.0514 e. The van der Waals surface area contributed by atoms with Gasteiger partial charge in [-0.05, 0) is 40.4 Å². The van der Waals surface area contributed by atoms with Crippen molar-refractivity contribution in [1.82, 2.24) is 5.32 Å². The number of hydrogen-bond donors (Lipinski definition) is 1. The summed E-state index contributed by atoms with van der Waals surface area (Å²) in [5, 5.41) is 3.68. The van der Waals surface area contributed by atoms with E-state index >= 15 is 0 Å². The summed E-state index contributed by atoms with van der Waals surface area (Å²) in [5.74, 6) is 0.674. The van der Waals surface area contributed by atoms with Crippen molar-refractivity contribution >= 4 is 21.6 Å². The Bertz CT molecular complexity index is 392. The molecule has 1 aliphatic rings. The van der Waals surface area contributed by atoms with E-state index in [0.717, 1.165) is 13.1 Å². The minimum atomic E-state index is 0.583. The summed E-state index contributed by atoms with van der Waals surface area (Å²) in [7, 11) is 0. The molecular formula is C15H23BrN2. The minimum Gasteiger partial charge on any atom is -0.365 e. The van der Waals surface area contributed by atoms with Crippen LogP contribution in [0, 0.1) is 5.92 Å². The van der Waals surface area contributed by atoms with Gasteiger partial charge >= 0.3 is 0 Å². The number of nitrogens with zero attached hydrogens (tertiary/aromatic N) is 1. The van der Waals surface area contributed by atoms with Crippen LogP contribution < -0.4 is 10.2 Å². The van der Waals surface area contributed by atoms with Crippen molar-refractivity contribution in [3.8, 4) is 0 Å². The first kappa shape index (κ1) is 13.9. The molecule has 1 aliphatic heterocycles. The molecule has 0 saturated carbocycles. The fourth-order valence-corrected chi connectivity index (χ4v) is 3.13. The Morgan fingerprint density at radius 1 is 1.39 bits per heavy atom. The lowest BCUT2D eigenvalue weighted by molar-refractivity contribution is 0.325. The van der Waals surface area contributed by atoms with E-state index in [2.05, 4.69) is 71.2 Å². The molecule has 2 atom stereocenters. The second kappa shape index (κ2) is 6.07. The van der Waals surface area contributed by atoms with Crippen molar-refractivity contribution in [2.75, 3.05) is 18.0 Å². The second-order valence-electron chi connectivity index (χ2n) is 5.42. The molecule has 2 unspecified atom stereocenters. The maximum atomic E-state index is 3.68. The molecular weight excluding hydrogens is 288 g/mol. The van der Waals surface area contributed by atoms with Gasteiger partial charge in [0.05, 0.1) is 5.69 Å². The number of anilines is 1. The molecule has 1 fully saturated rings. The van der Waals surface area contributed by atoms with Gasteiger partial charge in [0.1, 0.15) is 0 Å². The predicted molar refractivity (Wildman–Crippen MR) is 82.2 cm³/mol. The molecule has 1 saturated heterocycles. The minimum absolute atomic E-state index is 0.583. The number of rotatable bonds is 3. The number of hydrogen-bond acceptors (Lipinski definition) is 2. The fourth-order valence-electron chi connectivity index (χ4n) is 2.61. The van der Waals surface area contributed by atoms with Crippen molar-refractivity contribution in [1.29, 1.82) is 0 Å². The summed E-state index contributed by atoms with van der Waals surface area (Å²) in [5.41, 5.74) is 1.33. The Balaban J connectivity index is 2.24. The smallest absolute Gasteiger partial charge is 0.0514 e. The van der Waals surface area contributed by atoms with Crippen molar-refractivity contribution in [3.05, 3.63) is 28.7 Å². The highest BCUT2D eigenvalue weighted by Gasteiger charge is 2.29. The largest absolute Gasteiger partial charge is 0.365 e. The number of para-hydroxylation sites is 1. The van der Waals surface area contributed by atoms with Crippen LogP contribution >= 0.6 is 15.9 Å². The Kier molecular flexibility index (Phi) is 4.68. The molecule has 0 radical (unpaired) electrons. The van der Waals surface area contributed by atoms with E-state index in [-0.39, 0.29) is 0 Å². The summed E-state index contributed by atoms with van der Waals surface area (Å²) in [6.45, 7) is 9.04. The quantitative estimate of drug-likeness (QED) is 0.916. The van der Waals surface area contributed by atoms with Crippen molar-refractivity contribution in [2.24, 2.45) is 5.92 Å². The van der Waals surface area contributed by atoms with Gasteiger partial charge in [0.15, 0.2) is 0 Å². The SMILES string of the molecule is CCC1CNC(C(C)C)CN1c1ccccc1Br. The third-order valence-corrected chi connectivity index (χ3v) is 4.56. The lowest BCUT2D eigenvalue weighted by atomic mass is 9.98. The first-order valence-electron chi connectivity index (χ1n) is 6.88. The van der Waals surface area contributed by atoms with E-state index in [1.807, 2.05) is 0 Å². The molecule has 1 aromatic carbocycles. The van der Waals surface area contributed by atoms with Crippen LogP contribution in [0.15, 0.2) is 28.7 Å². The zero-order valence-corrected chi connectivity index (χ0v) is 13.1. The van der Waals surface area contributed by atoms with E-state index in [9.17, 15) is 0 Å². The predicted octanol–water partition coefficient (Wildman–Crippen LogP) is 3.66. The van der Waals surface area contributed by atoms with Crippen molar-refractivity contribution < 1.29 is 0 Å². The third-order valence-electron chi connectivity index (χ3n) is 3.89. The lowest BCUT2D eigenvalue weighted by Crippen LogP contribution is -2.58. The molecule has 0 aliphatic carbocycles. The van der Waals surface area contributed by atoms with Gasteiger partial charge in [-0.1, -0.05) is 32.9 Å². The van der Waals surface area contributed by atoms with Crippen LogP contribution in [-0.4, -0.2) is 25.2 Å². The number of halogens is 1. The zero-order chi connectivity index (χ0) is 13.1. The molecule has 1 N–H and O–H groups in total. The molecule has 0 spiro atoms. The van der Waals surface area contributed by atoms with E-state index in [1.54, 1.807) is 0 Å². The molecule has 2 rings (SSSR count). The molecule has 1 aromatic rings. The van der Waals surface area contributed by atoms with Gasteiger partial charge in [-0.3, -0.25) is 0 Å². The van der Waals surface area contributed by atoms with Gasteiger partial charge in [-0.2, -0.15) is 0 Å². The Hall–Kier alpha value is -0.540. The molecule has 100 valence electrons. The van der Waals surface area contributed by atoms with E-state index < -0.39 is 0 Å². The standard InChI is InChI=1S/C15H23BrN2/c1-4-12-9-17-14(11(2)3)10-18(12)15-8-6-5-7-13(15)16/h5-8,11-12,14,17H,4,9-10H2,1-3H3. The maximum absolute atomic E-state index is 3.68.